The zero-order chi connectivity index (χ0) is 22.5. The Labute approximate surface area is 193 Å². The zero-order valence-electron chi connectivity index (χ0n) is 18.2. The second-order valence-electron chi connectivity index (χ2n) is 8.22. The van der Waals surface area contributed by atoms with Crippen molar-refractivity contribution >= 4 is 28.3 Å². The molecule has 0 aliphatic heterocycles. The standard InChI is InChI=1S/C27H26ClNO3/c1-18(2)17-31-25-12-10-22(28)14-21(25)15-23-11-13-26(32-23)27(30)29-16-20-8-5-7-19-6-3-4-9-24(19)20/h3-14,18H,15-17H2,1-2H3,(H,29,30). The minimum atomic E-state index is -0.244. The molecule has 0 aliphatic rings. The summed E-state index contributed by atoms with van der Waals surface area (Å²) >= 11 is 6.19. The molecule has 32 heavy (non-hydrogen) atoms. The molecule has 0 spiro atoms. The summed E-state index contributed by atoms with van der Waals surface area (Å²) < 4.78 is 11.8. The number of hydrogen-bond acceptors (Lipinski definition) is 3. The summed E-state index contributed by atoms with van der Waals surface area (Å²) in [7, 11) is 0. The van der Waals surface area contributed by atoms with Gasteiger partial charge in [-0.1, -0.05) is 67.9 Å². The van der Waals surface area contributed by atoms with E-state index in [4.69, 9.17) is 20.8 Å². The van der Waals surface area contributed by atoms with Crippen LogP contribution in [0.15, 0.2) is 77.2 Å². The fourth-order valence-electron chi connectivity index (χ4n) is 3.58. The predicted octanol–water partition coefficient (Wildman–Crippen LogP) is 6.64. The molecular formula is C27H26ClNO3. The van der Waals surface area contributed by atoms with E-state index in [1.54, 1.807) is 6.07 Å². The SMILES string of the molecule is CC(C)COc1ccc(Cl)cc1Cc1ccc(C(=O)NCc2cccc3ccccc23)o1. The van der Waals surface area contributed by atoms with Gasteiger partial charge in [-0.25, -0.2) is 0 Å². The molecule has 0 unspecified atom stereocenters. The minimum absolute atomic E-state index is 0.244. The molecule has 0 saturated carbocycles. The van der Waals surface area contributed by atoms with Gasteiger partial charge in [-0.15, -0.1) is 0 Å². The first-order valence-electron chi connectivity index (χ1n) is 10.7. The molecule has 0 fully saturated rings. The van der Waals surface area contributed by atoms with Crippen molar-refractivity contribution in [3.05, 3.63) is 100 Å². The molecule has 0 radical (unpaired) electrons. The molecule has 0 saturated heterocycles. The number of ether oxygens (including phenoxy) is 1. The van der Waals surface area contributed by atoms with Crippen LogP contribution in [-0.4, -0.2) is 12.5 Å². The first-order chi connectivity index (χ1) is 15.5. The lowest BCUT2D eigenvalue weighted by atomic mass is 10.0. The monoisotopic (exact) mass is 447 g/mol. The van der Waals surface area contributed by atoms with Crippen molar-refractivity contribution in [2.45, 2.75) is 26.8 Å². The summed E-state index contributed by atoms with van der Waals surface area (Å²) in [5.41, 5.74) is 1.99. The van der Waals surface area contributed by atoms with Gasteiger partial charge in [0.1, 0.15) is 11.5 Å². The summed E-state index contributed by atoms with van der Waals surface area (Å²) in [5, 5.41) is 5.87. The molecule has 0 aliphatic carbocycles. The number of carbonyl (C=O) groups excluding carboxylic acids is 1. The minimum Gasteiger partial charge on any atom is -0.493 e. The Hall–Kier alpha value is -3.24. The highest BCUT2D eigenvalue weighted by atomic mass is 35.5. The van der Waals surface area contributed by atoms with E-state index in [1.807, 2.05) is 48.5 Å². The normalized spacial score (nSPS) is 11.1. The molecule has 4 rings (SSSR count). The van der Waals surface area contributed by atoms with E-state index < -0.39 is 0 Å². The van der Waals surface area contributed by atoms with Crippen LogP contribution in [0, 0.1) is 5.92 Å². The maximum absolute atomic E-state index is 12.7. The quantitative estimate of drug-likeness (QED) is 0.329. The molecule has 4 nitrogen and oxygen atoms in total. The van der Waals surface area contributed by atoms with Crippen LogP contribution in [0.5, 0.6) is 5.75 Å². The van der Waals surface area contributed by atoms with Crippen LogP contribution in [0.1, 0.15) is 41.3 Å². The maximum Gasteiger partial charge on any atom is 0.287 e. The largest absolute Gasteiger partial charge is 0.493 e. The fourth-order valence-corrected chi connectivity index (χ4v) is 3.77. The van der Waals surface area contributed by atoms with Gasteiger partial charge >= 0.3 is 0 Å². The molecule has 1 aromatic heterocycles. The van der Waals surface area contributed by atoms with Gasteiger partial charge in [-0.3, -0.25) is 4.79 Å². The maximum atomic E-state index is 12.7. The Kier molecular flexibility index (Phi) is 6.81. The Balaban J connectivity index is 1.44. The lowest BCUT2D eigenvalue weighted by molar-refractivity contribution is 0.0921. The van der Waals surface area contributed by atoms with E-state index in [1.165, 1.54) is 0 Å². The summed E-state index contributed by atoms with van der Waals surface area (Å²) in [6, 6.07) is 23.3. The number of amides is 1. The average molecular weight is 448 g/mol. The Morgan fingerprint density at radius 1 is 1.00 bits per heavy atom. The van der Waals surface area contributed by atoms with Crippen LogP contribution >= 0.6 is 11.6 Å². The van der Waals surface area contributed by atoms with Crippen LogP contribution in [0.4, 0.5) is 0 Å². The summed E-state index contributed by atoms with van der Waals surface area (Å²) in [6.07, 6.45) is 0.491. The topological polar surface area (TPSA) is 51.5 Å². The van der Waals surface area contributed by atoms with Crippen LogP contribution in [0.2, 0.25) is 5.02 Å². The summed E-state index contributed by atoms with van der Waals surface area (Å²) in [4.78, 5) is 12.7. The Morgan fingerprint density at radius 3 is 2.66 bits per heavy atom. The van der Waals surface area contributed by atoms with Gasteiger partial charge in [-0.2, -0.15) is 0 Å². The van der Waals surface area contributed by atoms with E-state index >= 15 is 0 Å². The van der Waals surface area contributed by atoms with E-state index in [9.17, 15) is 4.79 Å². The lowest BCUT2D eigenvalue weighted by Gasteiger charge is -2.13. The number of hydrogen-bond donors (Lipinski definition) is 1. The van der Waals surface area contributed by atoms with Crippen molar-refractivity contribution in [2.75, 3.05) is 6.61 Å². The van der Waals surface area contributed by atoms with Crippen molar-refractivity contribution < 1.29 is 13.9 Å². The van der Waals surface area contributed by atoms with Crippen LogP contribution < -0.4 is 10.1 Å². The van der Waals surface area contributed by atoms with E-state index in [2.05, 4.69) is 37.4 Å². The second kappa shape index (κ2) is 9.92. The number of fused-ring (bicyclic) bond motifs is 1. The Morgan fingerprint density at radius 2 is 1.81 bits per heavy atom. The highest BCUT2D eigenvalue weighted by molar-refractivity contribution is 6.30. The van der Waals surface area contributed by atoms with Gasteiger partial charge < -0.3 is 14.5 Å². The molecule has 0 atom stereocenters. The number of benzene rings is 3. The van der Waals surface area contributed by atoms with Gasteiger partial charge in [-0.05, 0) is 52.6 Å². The Bertz CT molecular complexity index is 1220. The molecule has 3 aromatic carbocycles. The van der Waals surface area contributed by atoms with Crippen molar-refractivity contribution in [3.63, 3.8) is 0 Å². The molecular weight excluding hydrogens is 422 g/mol. The van der Waals surface area contributed by atoms with Crippen molar-refractivity contribution in [2.24, 2.45) is 5.92 Å². The lowest BCUT2D eigenvalue weighted by Crippen LogP contribution is -2.22. The van der Waals surface area contributed by atoms with Crippen molar-refractivity contribution in [3.8, 4) is 5.75 Å². The molecule has 1 amide bonds. The molecule has 164 valence electrons. The number of nitrogens with one attached hydrogen (secondary N) is 1. The predicted molar refractivity (Wildman–Crippen MR) is 128 cm³/mol. The molecule has 0 bridgehead atoms. The molecule has 4 aromatic rings. The van der Waals surface area contributed by atoms with Crippen molar-refractivity contribution in [1.29, 1.82) is 0 Å². The second-order valence-corrected chi connectivity index (χ2v) is 8.66. The van der Waals surface area contributed by atoms with Gasteiger partial charge in [0, 0.05) is 23.6 Å². The van der Waals surface area contributed by atoms with Gasteiger partial charge in [0.2, 0.25) is 0 Å². The molecule has 1 heterocycles. The smallest absolute Gasteiger partial charge is 0.287 e. The van der Waals surface area contributed by atoms with Gasteiger partial charge in [0.05, 0.1) is 6.61 Å². The third-order valence-electron chi connectivity index (χ3n) is 5.16. The van der Waals surface area contributed by atoms with E-state index in [0.29, 0.717) is 36.3 Å². The number of furan rings is 1. The zero-order valence-corrected chi connectivity index (χ0v) is 19.0. The van der Waals surface area contributed by atoms with E-state index in [-0.39, 0.29) is 11.7 Å². The molecule has 1 N–H and O–H groups in total. The third kappa shape index (κ3) is 5.32. The third-order valence-corrected chi connectivity index (χ3v) is 5.40. The van der Waals surface area contributed by atoms with Crippen LogP contribution in [-0.2, 0) is 13.0 Å². The average Bonchev–Trinajstić information content (AvgIpc) is 3.25. The summed E-state index contributed by atoms with van der Waals surface area (Å²) in [6.45, 7) is 5.25. The highest BCUT2D eigenvalue weighted by Crippen LogP contribution is 2.27. The van der Waals surface area contributed by atoms with Gasteiger partial charge in [0.25, 0.3) is 5.91 Å². The fraction of sp³-hybridized carbons (Fsp3) is 0.222. The van der Waals surface area contributed by atoms with Gasteiger partial charge in [0.15, 0.2) is 5.76 Å². The van der Waals surface area contributed by atoms with Crippen molar-refractivity contribution in [1.82, 2.24) is 5.32 Å². The van der Waals surface area contributed by atoms with Crippen LogP contribution in [0.3, 0.4) is 0 Å². The molecule has 5 heteroatoms. The van der Waals surface area contributed by atoms with E-state index in [0.717, 1.165) is 27.6 Å². The van der Waals surface area contributed by atoms with Crippen LogP contribution in [0.25, 0.3) is 10.8 Å². The number of carbonyl (C=O) groups is 1. The first kappa shape index (κ1) is 22.0. The first-order valence-corrected chi connectivity index (χ1v) is 11.1. The highest BCUT2D eigenvalue weighted by Gasteiger charge is 2.14. The number of rotatable bonds is 8. The number of halogens is 1. The summed E-state index contributed by atoms with van der Waals surface area (Å²) in [5.74, 6) is 1.91.